The Bertz CT molecular complexity index is 829. The van der Waals surface area contributed by atoms with E-state index in [0.717, 1.165) is 23.8 Å². The van der Waals surface area contributed by atoms with Crippen LogP contribution in [0.1, 0.15) is 36.6 Å². The van der Waals surface area contributed by atoms with Gasteiger partial charge in [0.15, 0.2) is 11.9 Å². The van der Waals surface area contributed by atoms with E-state index in [9.17, 15) is 19.7 Å². The Morgan fingerprint density at radius 2 is 1.75 bits per heavy atom. The van der Waals surface area contributed by atoms with Gasteiger partial charge in [0, 0.05) is 0 Å². The number of hydrogen-bond acceptors (Lipinski definition) is 5. The van der Waals surface area contributed by atoms with Crippen LogP contribution in [0.5, 0.6) is 5.75 Å². The Kier molecular flexibility index (Phi) is 6.34. The van der Waals surface area contributed by atoms with Crippen LogP contribution in [-0.2, 0) is 11.2 Å². The predicted molar refractivity (Wildman–Crippen MR) is 103 cm³/mol. The van der Waals surface area contributed by atoms with Gasteiger partial charge in [0.2, 0.25) is 0 Å². The molecule has 4 atom stereocenters. The second-order valence-corrected chi connectivity index (χ2v) is 6.86. The summed E-state index contributed by atoms with van der Waals surface area (Å²) in [6.07, 6.45) is -4.82. The Morgan fingerprint density at radius 3 is 2.39 bits per heavy atom. The van der Waals surface area contributed by atoms with E-state index < -0.39 is 30.2 Å². The topological polar surface area (TPSA) is 79.2 Å². The fourth-order valence-electron chi connectivity index (χ4n) is 3.33. The van der Waals surface area contributed by atoms with Gasteiger partial charge in [0.1, 0.15) is 29.9 Å². The molecule has 1 fully saturated rings. The van der Waals surface area contributed by atoms with Crippen molar-refractivity contribution >= 4 is 0 Å². The van der Waals surface area contributed by atoms with Crippen molar-refractivity contribution in [2.75, 3.05) is 6.61 Å². The maximum Gasteiger partial charge on any atom is 0.159 e. The number of aliphatic hydroxyl groups excluding tert-OH is 3. The maximum absolute atomic E-state index is 13.7. The van der Waals surface area contributed by atoms with E-state index in [1.54, 1.807) is 6.07 Å². The molecule has 2 aromatic carbocycles. The molecule has 0 unspecified atom stereocenters. The Morgan fingerprint density at radius 1 is 1.04 bits per heavy atom. The number of rotatable bonds is 5. The van der Waals surface area contributed by atoms with Crippen molar-refractivity contribution in [2.24, 2.45) is 0 Å². The van der Waals surface area contributed by atoms with E-state index in [1.165, 1.54) is 0 Å². The third-order valence-electron chi connectivity index (χ3n) is 4.77. The molecular weight excluding hydrogens is 363 g/mol. The molecule has 1 heterocycles. The van der Waals surface area contributed by atoms with E-state index in [-0.39, 0.29) is 5.76 Å². The van der Waals surface area contributed by atoms with E-state index in [4.69, 9.17) is 9.47 Å². The third kappa shape index (κ3) is 4.35. The molecule has 1 aliphatic rings. The zero-order valence-electron chi connectivity index (χ0n) is 15.9. The van der Waals surface area contributed by atoms with Crippen LogP contribution in [0.2, 0.25) is 0 Å². The molecule has 0 aliphatic carbocycles. The van der Waals surface area contributed by atoms with Gasteiger partial charge >= 0.3 is 0 Å². The van der Waals surface area contributed by atoms with Crippen LogP contribution in [0.25, 0.3) is 0 Å². The summed E-state index contributed by atoms with van der Waals surface area (Å²) < 4.78 is 24.6. The standard InChI is InChI=1S/C22H25FO5/c1-3-27-17-9-7-14(8-10-17)11-15-5-4-6-16(12-15)22-20(26)18(24)19(25)21(28-22)13(2)23/h4-10,12,18-20,22,24-26H,3,11H2,1-2H3/b21-13+/t18-,19-,20+,22-/m0/s1. The Hall–Kier alpha value is -2.41. The molecule has 6 heteroatoms. The molecule has 3 rings (SSSR count). The average molecular weight is 388 g/mol. The minimum absolute atomic E-state index is 0.347. The summed E-state index contributed by atoms with van der Waals surface area (Å²) in [5, 5.41) is 30.3. The van der Waals surface area contributed by atoms with Gasteiger partial charge in [-0.15, -0.1) is 0 Å². The van der Waals surface area contributed by atoms with Gasteiger partial charge in [0.25, 0.3) is 0 Å². The molecule has 0 spiro atoms. The maximum atomic E-state index is 13.7. The van der Waals surface area contributed by atoms with Crippen LogP contribution < -0.4 is 4.74 Å². The Labute approximate surface area is 163 Å². The summed E-state index contributed by atoms with van der Waals surface area (Å²) in [5.41, 5.74) is 2.66. The average Bonchev–Trinajstić information content (AvgIpc) is 2.68. The summed E-state index contributed by atoms with van der Waals surface area (Å²) in [4.78, 5) is 0. The number of benzene rings is 2. The lowest BCUT2D eigenvalue weighted by Crippen LogP contribution is -2.48. The lowest BCUT2D eigenvalue weighted by atomic mass is 9.91. The highest BCUT2D eigenvalue weighted by molar-refractivity contribution is 5.34. The summed E-state index contributed by atoms with van der Waals surface area (Å²) in [6, 6.07) is 15.1. The van der Waals surface area contributed by atoms with Crippen molar-refractivity contribution in [2.45, 2.75) is 44.7 Å². The van der Waals surface area contributed by atoms with Crippen LogP contribution in [0.4, 0.5) is 4.39 Å². The molecule has 3 N–H and O–H groups in total. The van der Waals surface area contributed by atoms with Crippen molar-refractivity contribution in [3.05, 3.63) is 76.8 Å². The monoisotopic (exact) mass is 388 g/mol. The van der Waals surface area contributed by atoms with Crippen LogP contribution in [0.15, 0.2) is 60.1 Å². The highest BCUT2D eigenvalue weighted by Gasteiger charge is 2.43. The largest absolute Gasteiger partial charge is 0.494 e. The Balaban J connectivity index is 1.81. The lowest BCUT2D eigenvalue weighted by Gasteiger charge is -2.37. The molecule has 28 heavy (non-hydrogen) atoms. The second kappa shape index (κ2) is 8.73. The highest BCUT2D eigenvalue weighted by Crippen LogP contribution is 2.36. The second-order valence-electron chi connectivity index (χ2n) is 6.86. The number of ether oxygens (including phenoxy) is 2. The third-order valence-corrected chi connectivity index (χ3v) is 4.77. The zero-order chi connectivity index (χ0) is 20.3. The number of allylic oxidation sites excluding steroid dienone is 1. The van der Waals surface area contributed by atoms with Gasteiger partial charge in [-0.3, -0.25) is 0 Å². The first kappa shape index (κ1) is 20.3. The molecule has 1 aliphatic heterocycles. The zero-order valence-corrected chi connectivity index (χ0v) is 15.9. The molecule has 150 valence electrons. The molecule has 0 radical (unpaired) electrons. The lowest BCUT2D eigenvalue weighted by molar-refractivity contribution is -0.159. The van der Waals surface area contributed by atoms with Gasteiger partial charge in [-0.05, 0) is 49.1 Å². The quantitative estimate of drug-likeness (QED) is 0.734. The molecule has 1 saturated heterocycles. The van der Waals surface area contributed by atoms with E-state index >= 15 is 0 Å². The van der Waals surface area contributed by atoms with Crippen LogP contribution >= 0.6 is 0 Å². The van der Waals surface area contributed by atoms with Crippen molar-refractivity contribution in [3.63, 3.8) is 0 Å². The van der Waals surface area contributed by atoms with Gasteiger partial charge < -0.3 is 24.8 Å². The van der Waals surface area contributed by atoms with Gasteiger partial charge in [-0.25, -0.2) is 4.39 Å². The summed E-state index contributed by atoms with van der Waals surface area (Å²) in [5.74, 6) is -0.263. The smallest absolute Gasteiger partial charge is 0.159 e. The summed E-state index contributed by atoms with van der Waals surface area (Å²) >= 11 is 0. The first-order valence-corrected chi connectivity index (χ1v) is 9.28. The summed E-state index contributed by atoms with van der Waals surface area (Å²) in [6.45, 7) is 3.69. The van der Waals surface area contributed by atoms with Gasteiger partial charge in [-0.1, -0.05) is 36.4 Å². The molecule has 5 nitrogen and oxygen atoms in total. The molecule has 0 amide bonds. The fourth-order valence-corrected chi connectivity index (χ4v) is 3.33. The molecule has 0 bridgehead atoms. The molecular formula is C22H25FO5. The highest BCUT2D eigenvalue weighted by atomic mass is 19.1. The molecule has 2 aromatic rings. The van der Waals surface area contributed by atoms with Gasteiger partial charge in [-0.2, -0.15) is 0 Å². The van der Waals surface area contributed by atoms with Crippen LogP contribution in [-0.4, -0.2) is 40.2 Å². The van der Waals surface area contributed by atoms with Crippen LogP contribution in [0.3, 0.4) is 0 Å². The predicted octanol–water partition coefficient (Wildman–Crippen LogP) is 3.03. The van der Waals surface area contributed by atoms with E-state index in [2.05, 4.69) is 0 Å². The first-order chi connectivity index (χ1) is 13.4. The minimum atomic E-state index is -1.59. The molecule has 0 saturated carbocycles. The SMILES string of the molecule is CCOc1ccc(Cc2cccc([C@@H]3O/C(=C(\C)F)[C@@H](O)[C@H](O)[C@H]3O)c2)cc1. The molecule has 0 aromatic heterocycles. The normalized spacial score (nSPS) is 26.5. The minimum Gasteiger partial charge on any atom is -0.494 e. The van der Waals surface area contributed by atoms with Crippen LogP contribution in [0, 0.1) is 0 Å². The van der Waals surface area contributed by atoms with E-state index in [1.807, 2.05) is 49.4 Å². The first-order valence-electron chi connectivity index (χ1n) is 9.28. The summed E-state index contributed by atoms with van der Waals surface area (Å²) in [7, 11) is 0. The fraction of sp³-hybridized carbons (Fsp3) is 0.364. The number of aliphatic hydroxyl groups is 3. The van der Waals surface area contributed by atoms with Crippen molar-refractivity contribution in [1.29, 1.82) is 0 Å². The number of halogens is 1. The van der Waals surface area contributed by atoms with Crippen molar-refractivity contribution in [1.82, 2.24) is 0 Å². The number of hydrogen-bond donors (Lipinski definition) is 3. The van der Waals surface area contributed by atoms with Crippen molar-refractivity contribution in [3.8, 4) is 5.75 Å². The van der Waals surface area contributed by atoms with Gasteiger partial charge in [0.05, 0.1) is 6.61 Å². The van der Waals surface area contributed by atoms with Crippen molar-refractivity contribution < 1.29 is 29.2 Å². The van der Waals surface area contributed by atoms with E-state index in [0.29, 0.717) is 18.6 Å².